The van der Waals surface area contributed by atoms with Crippen molar-refractivity contribution in [2.24, 2.45) is 5.92 Å². The third-order valence-corrected chi connectivity index (χ3v) is 8.84. The standard InChI is InChI=1S/C23H26N2O6S2/c26-20(17-5-7-19(8-6-17)33(29,30)25-11-1-2-12-25)16-31-23(28)18-9-13-24(14-10-18)22(27)21-4-3-15-32-21/h3-8,15,18H,1-2,9-14,16H2. The SMILES string of the molecule is O=C(COC(=O)C1CCN(C(=O)c2cccs2)CC1)c1ccc(S(=O)(=O)N2CCCC2)cc1. The van der Waals surface area contributed by atoms with Crippen molar-refractivity contribution >= 4 is 39.0 Å². The maximum absolute atomic E-state index is 12.6. The molecule has 0 N–H and O–H groups in total. The molecule has 3 heterocycles. The number of benzene rings is 1. The van der Waals surface area contributed by atoms with Crippen molar-refractivity contribution in [2.45, 2.75) is 30.6 Å². The van der Waals surface area contributed by atoms with Crippen molar-refractivity contribution in [3.8, 4) is 0 Å². The average molecular weight is 491 g/mol. The highest BCUT2D eigenvalue weighted by molar-refractivity contribution is 7.89. The van der Waals surface area contributed by atoms with E-state index >= 15 is 0 Å². The molecule has 2 aliphatic rings. The first-order chi connectivity index (χ1) is 15.9. The normalized spacial score (nSPS) is 17.8. The molecule has 10 heteroatoms. The Kier molecular flexibility index (Phi) is 7.26. The molecule has 0 atom stereocenters. The maximum atomic E-state index is 12.6. The van der Waals surface area contributed by atoms with E-state index < -0.39 is 28.4 Å². The van der Waals surface area contributed by atoms with Gasteiger partial charge in [-0.25, -0.2) is 8.42 Å². The number of nitrogens with zero attached hydrogens (tertiary/aromatic N) is 2. The van der Waals surface area contributed by atoms with Crippen molar-refractivity contribution in [1.82, 2.24) is 9.21 Å². The quantitative estimate of drug-likeness (QED) is 0.437. The van der Waals surface area contributed by atoms with Gasteiger partial charge in [-0.15, -0.1) is 11.3 Å². The summed E-state index contributed by atoms with van der Waals surface area (Å²) in [5.41, 5.74) is 0.291. The Morgan fingerprint density at radius 2 is 1.64 bits per heavy atom. The van der Waals surface area contributed by atoms with Crippen LogP contribution in [0.25, 0.3) is 0 Å². The van der Waals surface area contributed by atoms with Crippen molar-refractivity contribution in [3.63, 3.8) is 0 Å². The van der Waals surface area contributed by atoms with Gasteiger partial charge in [-0.3, -0.25) is 14.4 Å². The first-order valence-electron chi connectivity index (χ1n) is 11.0. The Balaban J connectivity index is 1.26. The highest BCUT2D eigenvalue weighted by Gasteiger charge is 2.30. The number of carbonyl (C=O) groups excluding carboxylic acids is 3. The second kappa shape index (κ2) is 10.1. The van der Waals surface area contributed by atoms with Gasteiger partial charge in [0.2, 0.25) is 10.0 Å². The Morgan fingerprint density at radius 1 is 0.970 bits per heavy atom. The zero-order valence-corrected chi connectivity index (χ0v) is 19.8. The number of sulfonamides is 1. The van der Waals surface area contributed by atoms with E-state index in [4.69, 9.17) is 4.74 Å². The van der Waals surface area contributed by atoms with Gasteiger partial charge in [0.25, 0.3) is 5.91 Å². The summed E-state index contributed by atoms with van der Waals surface area (Å²) in [6, 6.07) is 9.36. The van der Waals surface area contributed by atoms with E-state index in [0.717, 1.165) is 12.8 Å². The molecule has 2 aliphatic heterocycles. The molecule has 2 saturated heterocycles. The fourth-order valence-corrected chi connectivity index (χ4v) is 6.31. The summed E-state index contributed by atoms with van der Waals surface area (Å²) in [5, 5.41) is 1.86. The topological polar surface area (TPSA) is 101 Å². The molecule has 0 unspecified atom stereocenters. The molecule has 2 aromatic rings. The van der Waals surface area contributed by atoms with Crippen LogP contribution in [0, 0.1) is 5.92 Å². The number of hydrogen-bond acceptors (Lipinski definition) is 7. The lowest BCUT2D eigenvalue weighted by Crippen LogP contribution is -2.40. The molecular formula is C23H26N2O6S2. The van der Waals surface area contributed by atoms with Gasteiger partial charge in [0, 0.05) is 31.7 Å². The summed E-state index contributed by atoms with van der Waals surface area (Å²) in [7, 11) is -3.54. The van der Waals surface area contributed by atoms with E-state index in [2.05, 4.69) is 0 Å². The molecule has 8 nitrogen and oxygen atoms in total. The van der Waals surface area contributed by atoms with Crippen LogP contribution >= 0.6 is 11.3 Å². The summed E-state index contributed by atoms with van der Waals surface area (Å²) < 4.78 is 31.8. The number of piperidine rings is 1. The number of ether oxygens (including phenoxy) is 1. The van der Waals surface area contributed by atoms with Gasteiger partial charge in [0.05, 0.1) is 15.7 Å². The molecule has 0 radical (unpaired) electrons. The van der Waals surface area contributed by atoms with E-state index in [0.29, 0.717) is 49.5 Å². The molecule has 0 bridgehead atoms. The minimum absolute atomic E-state index is 0.0258. The average Bonchev–Trinajstić information content (AvgIpc) is 3.57. The first-order valence-corrected chi connectivity index (χ1v) is 13.3. The summed E-state index contributed by atoms with van der Waals surface area (Å²) in [6.45, 7) is 1.57. The van der Waals surface area contributed by atoms with E-state index in [9.17, 15) is 22.8 Å². The van der Waals surface area contributed by atoms with Crippen molar-refractivity contribution in [1.29, 1.82) is 0 Å². The molecule has 0 saturated carbocycles. The molecule has 0 aliphatic carbocycles. The van der Waals surface area contributed by atoms with Crippen molar-refractivity contribution in [2.75, 3.05) is 32.8 Å². The van der Waals surface area contributed by atoms with Crippen LogP contribution in [0.3, 0.4) is 0 Å². The molecule has 0 spiro atoms. The minimum Gasteiger partial charge on any atom is -0.457 e. The summed E-state index contributed by atoms with van der Waals surface area (Å²) >= 11 is 1.39. The van der Waals surface area contributed by atoms with E-state index in [1.54, 1.807) is 11.0 Å². The summed E-state index contributed by atoms with van der Waals surface area (Å²) in [5.74, 6) is -1.21. The highest BCUT2D eigenvalue weighted by Crippen LogP contribution is 2.23. The molecule has 2 fully saturated rings. The molecule has 4 rings (SSSR count). The van der Waals surface area contributed by atoms with Crippen LogP contribution in [-0.2, 0) is 19.6 Å². The lowest BCUT2D eigenvalue weighted by Gasteiger charge is -2.30. The van der Waals surface area contributed by atoms with Crippen LogP contribution in [0.2, 0.25) is 0 Å². The number of rotatable bonds is 7. The lowest BCUT2D eigenvalue weighted by atomic mass is 9.97. The van der Waals surface area contributed by atoms with Crippen LogP contribution in [-0.4, -0.2) is 68.1 Å². The smallest absolute Gasteiger partial charge is 0.309 e. The zero-order chi connectivity index (χ0) is 23.4. The number of Topliss-reactive ketones (excluding diaryl/α,β-unsaturated/α-hetero) is 1. The molecule has 176 valence electrons. The molecule has 1 amide bonds. The van der Waals surface area contributed by atoms with Crippen LogP contribution in [0.4, 0.5) is 0 Å². The predicted molar refractivity (Wildman–Crippen MR) is 123 cm³/mol. The summed E-state index contributed by atoms with van der Waals surface area (Å²) in [6.07, 6.45) is 2.69. The lowest BCUT2D eigenvalue weighted by molar-refractivity contribution is -0.148. The van der Waals surface area contributed by atoms with Crippen molar-refractivity contribution < 1.29 is 27.5 Å². The molecule has 1 aromatic carbocycles. The third kappa shape index (κ3) is 5.34. The number of esters is 1. The first kappa shape index (κ1) is 23.6. The van der Waals surface area contributed by atoms with E-state index in [1.165, 1.54) is 39.9 Å². The molecule has 33 heavy (non-hydrogen) atoms. The Morgan fingerprint density at radius 3 is 2.24 bits per heavy atom. The second-order valence-corrected chi connectivity index (χ2v) is 11.1. The van der Waals surface area contributed by atoms with Gasteiger partial charge in [-0.1, -0.05) is 6.07 Å². The fourth-order valence-electron chi connectivity index (χ4n) is 4.10. The number of amides is 1. The number of ketones is 1. The van der Waals surface area contributed by atoms with Gasteiger partial charge in [0.1, 0.15) is 0 Å². The van der Waals surface area contributed by atoms with Crippen LogP contribution in [0.1, 0.15) is 45.7 Å². The van der Waals surface area contributed by atoms with E-state index in [-0.39, 0.29) is 16.7 Å². The molecular weight excluding hydrogens is 464 g/mol. The third-order valence-electron chi connectivity index (χ3n) is 6.07. The van der Waals surface area contributed by atoms with Gasteiger partial charge < -0.3 is 9.64 Å². The highest BCUT2D eigenvalue weighted by atomic mass is 32.2. The Bertz CT molecular complexity index is 1100. The number of carbonyl (C=O) groups is 3. The van der Waals surface area contributed by atoms with Gasteiger partial charge in [-0.2, -0.15) is 4.31 Å². The van der Waals surface area contributed by atoms with E-state index in [1.807, 2.05) is 11.4 Å². The number of thiophene rings is 1. The van der Waals surface area contributed by atoms with Crippen molar-refractivity contribution in [3.05, 3.63) is 52.2 Å². The van der Waals surface area contributed by atoms with Crippen LogP contribution in [0.15, 0.2) is 46.7 Å². The van der Waals surface area contributed by atoms with Gasteiger partial charge in [-0.05, 0) is 61.4 Å². The predicted octanol–water partition coefficient (Wildman–Crippen LogP) is 2.81. The van der Waals surface area contributed by atoms with Gasteiger partial charge in [0.15, 0.2) is 12.4 Å². The Labute approximate surface area is 197 Å². The number of likely N-dealkylation sites (tertiary alicyclic amines) is 1. The maximum Gasteiger partial charge on any atom is 0.309 e. The number of hydrogen-bond donors (Lipinski definition) is 0. The molecule has 1 aromatic heterocycles. The summed E-state index contributed by atoms with van der Waals surface area (Å²) in [4.78, 5) is 39.8. The largest absolute Gasteiger partial charge is 0.457 e. The van der Waals surface area contributed by atoms with Crippen LogP contribution in [0.5, 0.6) is 0 Å². The second-order valence-electron chi connectivity index (χ2n) is 8.21. The fraction of sp³-hybridized carbons (Fsp3) is 0.435. The Hall–Kier alpha value is -2.56. The zero-order valence-electron chi connectivity index (χ0n) is 18.1. The monoisotopic (exact) mass is 490 g/mol. The minimum atomic E-state index is -3.54. The van der Waals surface area contributed by atoms with Crippen LogP contribution < -0.4 is 0 Å². The van der Waals surface area contributed by atoms with Gasteiger partial charge >= 0.3 is 5.97 Å².